The third-order valence-electron chi connectivity index (χ3n) is 2.15. The third-order valence-corrected chi connectivity index (χ3v) is 2.61. The lowest BCUT2D eigenvalue weighted by Gasteiger charge is -2.17. The Labute approximate surface area is 106 Å². The Hall–Kier alpha value is -0.620. The summed E-state index contributed by atoms with van der Waals surface area (Å²) in [4.78, 5) is 1.51. The number of alkyl halides is 3. The van der Waals surface area contributed by atoms with Crippen LogP contribution in [0.3, 0.4) is 0 Å². The van der Waals surface area contributed by atoms with Gasteiger partial charge in [0.2, 0.25) is 0 Å². The van der Waals surface area contributed by atoms with Gasteiger partial charge in [-0.25, -0.2) is 4.39 Å². The first-order valence-corrected chi connectivity index (χ1v) is 5.76. The maximum Gasteiger partial charge on any atom is 0.390 e. The van der Waals surface area contributed by atoms with Crippen molar-refractivity contribution in [3.63, 3.8) is 0 Å². The summed E-state index contributed by atoms with van der Waals surface area (Å²) in [6.07, 6.45) is -5.02. The Morgan fingerprint density at radius 1 is 1.24 bits per heavy atom. The lowest BCUT2D eigenvalue weighted by molar-refractivity contribution is -0.137. The van der Waals surface area contributed by atoms with Gasteiger partial charge in [0.05, 0.1) is 6.42 Å². The van der Waals surface area contributed by atoms with Crippen molar-refractivity contribution < 1.29 is 17.6 Å². The predicted molar refractivity (Wildman–Crippen MR) is 61.1 cm³/mol. The fourth-order valence-corrected chi connectivity index (χ4v) is 1.92. The quantitative estimate of drug-likeness (QED) is 0.760. The van der Waals surface area contributed by atoms with Gasteiger partial charge in [0.25, 0.3) is 0 Å². The molecule has 1 nitrogen and oxygen atoms in total. The van der Waals surface area contributed by atoms with E-state index >= 15 is 0 Å². The molecule has 0 aromatic heterocycles. The average Bonchev–Trinajstić information content (AvgIpc) is 2.11. The summed E-state index contributed by atoms with van der Waals surface area (Å²) >= 11 is 3.14. The minimum absolute atomic E-state index is 0.0996. The molecule has 0 heterocycles. The van der Waals surface area contributed by atoms with Gasteiger partial charge in [0.1, 0.15) is 5.82 Å². The van der Waals surface area contributed by atoms with Gasteiger partial charge >= 0.3 is 6.18 Å². The Kier molecular flexibility index (Phi) is 4.94. The SMILES string of the molecule is CN(CCC(F)(F)F)Cc1cc(F)cc(Br)c1. The number of hydrogen-bond acceptors (Lipinski definition) is 1. The van der Waals surface area contributed by atoms with Crippen molar-refractivity contribution in [3.05, 3.63) is 34.1 Å². The van der Waals surface area contributed by atoms with Gasteiger partial charge in [-0.15, -0.1) is 0 Å². The van der Waals surface area contributed by atoms with Crippen LogP contribution in [0.1, 0.15) is 12.0 Å². The zero-order valence-corrected chi connectivity index (χ0v) is 10.8. The second kappa shape index (κ2) is 5.82. The highest BCUT2D eigenvalue weighted by molar-refractivity contribution is 9.10. The van der Waals surface area contributed by atoms with Crippen LogP contribution in [0.5, 0.6) is 0 Å². The second-order valence-corrected chi connectivity index (χ2v) is 4.80. The van der Waals surface area contributed by atoms with Gasteiger partial charge in [0.15, 0.2) is 0 Å². The first-order valence-electron chi connectivity index (χ1n) is 4.96. The molecule has 1 aromatic carbocycles. The molecule has 0 saturated heterocycles. The summed E-state index contributed by atoms with van der Waals surface area (Å²) in [6.45, 7) is 0.185. The zero-order chi connectivity index (χ0) is 13.1. The molecule has 6 heteroatoms. The molecule has 0 amide bonds. The van der Waals surface area contributed by atoms with Gasteiger partial charge in [0, 0.05) is 17.6 Å². The minimum Gasteiger partial charge on any atom is -0.302 e. The highest BCUT2D eigenvalue weighted by Gasteiger charge is 2.27. The maximum atomic E-state index is 13.0. The van der Waals surface area contributed by atoms with E-state index in [-0.39, 0.29) is 13.1 Å². The number of hydrogen-bond donors (Lipinski definition) is 0. The summed E-state index contributed by atoms with van der Waals surface area (Å²) in [6, 6.07) is 4.31. The second-order valence-electron chi connectivity index (χ2n) is 3.88. The largest absolute Gasteiger partial charge is 0.390 e. The van der Waals surface area contributed by atoms with Crippen molar-refractivity contribution in [1.29, 1.82) is 0 Å². The van der Waals surface area contributed by atoms with E-state index in [1.807, 2.05) is 0 Å². The van der Waals surface area contributed by atoms with Crippen molar-refractivity contribution in [2.75, 3.05) is 13.6 Å². The average molecular weight is 314 g/mol. The van der Waals surface area contributed by atoms with E-state index in [1.165, 1.54) is 17.0 Å². The molecule has 1 aromatic rings. The molecule has 0 spiro atoms. The van der Waals surface area contributed by atoms with E-state index in [2.05, 4.69) is 15.9 Å². The normalized spacial score (nSPS) is 12.2. The van der Waals surface area contributed by atoms with Crippen molar-refractivity contribution in [1.82, 2.24) is 4.90 Å². The van der Waals surface area contributed by atoms with E-state index in [9.17, 15) is 17.6 Å². The third kappa shape index (κ3) is 6.02. The Balaban J connectivity index is 2.53. The highest BCUT2D eigenvalue weighted by Crippen LogP contribution is 2.20. The van der Waals surface area contributed by atoms with Crippen LogP contribution in [0.2, 0.25) is 0 Å². The first-order chi connectivity index (χ1) is 7.76. The van der Waals surface area contributed by atoms with E-state index in [0.29, 0.717) is 10.0 Å². The molecule has 0 atom stereocenters. The van der Waals surface area contributed by atoms with E-state index in [1.54, 1.807) is 13.1 Å². The fourth-order valence-electron chi connectivity index (χ4n) is 1.41. The molecule has 96 valence electrons. The molecule has 0 N–H and O–H groups in total. The molecular formula is C11H12BrF4N. The maximum absolute atomic E-state index is 13.0. The van der Waals surface area contributed by atoms with Crippen molar-refractivity contribution in [3.8, 4) is 0 Å². The standard InChI is InChI=1S/C11H12BrF4N/c1-17(3-2-11(14,15)16)7-8-4-9(12)6-10(13)5-8/h4-6H,2-3,7H2,1H3. The van der Waals surface area contributed by atoms with Crippen LogP contribution in [0.25, 0.3) is 0 Å². The summed E-state index contributed by atoms with van der Waals surface area (Å²) < 4.78 is 49.6. The van der Waals surface area contributed by atoms with E-state index < -0.39 is 18.4 Å². The molecule has 0 bridgehead atoms. The topological polar surface area (TPSA) is 3.24 Å². The summed E-state index contributed by atoms with van der Waals surface area (Å²) in [7, 11) is 1.57. The number of nitrogens with zero attached hydrogens (tertiary/aromatic N) is 1. The van der Waals surface area contributed by atoms with Crippen LogP contribution in [0.4, 0.5) is 17.6 Å². The lowest BCUT2D eigenvalue weighted by atomic mass is 10.2. The molecule has 0 unspecified atom stereocenters. The summed E-state index contributed by atoms with van der Waals surface area (Å²) in [5.41, 5.74) is 0.640. The molecule has 0 aliphatic rings. The molecular weight excluding hydrogens is 302 g/mol. The minimum atomic E-state index is -4.16. The lowest BCUT2D eigenvalue weighted by Crippen LogP contribution is -2.24. The number of benzene rings is 1. The fraction of sp³-hybridized carbons (Fsp3) is 0.455. The van der Waals surface area contributed by atoms with E-state index in [4.69, 9.17) is 0 Å². The van der Waals surface area contributed by atoms with Crippen molar-refractivity contribution >= 4 is 15.9 Å². The van der Waals surface area contributed by atoms with Crippen LogP contribution < -0.4 is 0 Å². The van der Waals surface area contributed by atoms with Gasteiger partial charge in [-0.05, 0) is 30.8 Å². The van der Waals surface area contributed by atoms with Crippen molar-refractivity contribution in [2.45, 2.75) is 19.1 Å². The van der Waals surface area contributed by atoms with Gasteiger partial charge in [-0.2, -0.15) is 13.2 Å². The summed E-state index contributed by atoms with van der Waals surface area (Å²) in [5.74, 6) is -0.404. The molecule has 0 aliphatic heterocycles. The predicted octanol–water partition coefficient (Wildman–Crippen LogP) is 3.97. The molecule has 0 saturated carbocycles. The number of halogens is 5. The Bertz CT molecular complexity index is 358. The Morgan fingerprint density at radius 3 is 2.41 bits per heavy atom. The van der Waals surface area contributed by atoms with Crippen LogP contribution in [0.15, 0.2) is 22.7 Å². The highest BCUT2D eigenvalue weighted by atomic mass is 79.9. The first kappa shape index (κ1) is 14.4. The van der Waals surface area contributed by atoms with Gasteiger partial charge in [-0.3, -0.25) is 0 Å². The van der Waals surface area contributed by atoms with Gasteiger partial charge < -0.3 is 4.90 Å². The Morgan fingerprint density at radius 2 is 1.88 bits per heavy atom. The number of rotatable bonds is 4. The monoisotopic (exact) mass is 313 g/mol. The van der Waals surface area contributed by atoms with Crippen LogP contribution in [-0.4, -0.2) is 24.7 Å². The molecule has 1 rings (SSSR count). The summed E-state index contributed by atoms with van der Waals surface area (Å²) in [5, 5.41) is 0. The van der Waals surface area contributed by atoms with Gasteiger partial charge in [-0.1, -0.05) is 15.9 Å². The molecule has 0 radical (unpaired) electrons. The van der Waals surface area contributed by atoms with Crippen LogP contribution in [-0.2, 0) is 6.54 Å². The van der Waals surface area contributed by atoms with Crippen LogP contribution in [0, 0.1) is 5.82 Å². The smallest absolute Gasteiger partial charge is 0.302 e. The molecule has 0 fully saturated rings. The van der Waals surface area contributed by atoms with Crippen molar-refractivity contribution in [2.24, 2.45) is 0 Å². The van der Waals surface area contributed by atoms with E-state index in [0.717, 1.165) is 0 Å². The van der Waals surface area contributed by atoms with Crippen LogP contribution >= 0.6 is 15.9 Å². The zero-order valence-electron chi connectivity index (χ0n) is 9.19. The molecule has 17 heavy (non-hydrogen) atoms. The molecule has 0 aliphatic carbocycles.